The van der Waals surface area contributed by atoms with Gasteiger partial charge in [0.25, 0.3) is 0 Å². The topological polar surface area (TPSA) is 426 Å². The number of Topliss-reactive ketones (excluding diaryl/α,β-unsaturated/α-hetero) is 1. The van der Waals surface area contributed by atoms with Gasteiger partial charge in [0.15, 0.2) is 12.4 Å². The Morgan fingerprint density at radius 1 is 1.00 bits per heavy atom. The van der Waals surface area contributed by atoms with E-state index in [0.29, 0.717) is 24.3 Å². The third-order valence-electron chi connectivity index (χ3n) is 8.25. The average Bonchev–Trinajstić information content (AvgIpc) is 3.51. The number of carboxylic acid groups (broad SMARTS) is 2. The molecule has 64 heavy (non-hydrogen) atoms. The van der Waals surface area contributed by atoms with Gasteiger partial charge < -0.3 is 60.7 Å². The largest absolute Gasteiger partial charge is 0.490 e. The van der Waals surface area contributed by atoms with Gasteiger partial charge in [-0.1, -0.05) is 34.4 Å². The van der Waals surface area contributed by atoms with Crippen LogP contribution in [0.3, 0.4) is 0 Å². The molecule has 1 fully saturated rings. The Bertz CT molecular complexity index is 2110. The minimum atomic E-state index is -5.81. The molecule has 2 rings (SSSR count). The van der Waals surface area contributed by atoms with E-state index < -0.39 is 127 Å². The van der Waals surface area contributed by atoms with E-state index in [4.69, 9.17) is 25.0 Å². The minimum absolute atomic E-state index is 0.00738. The van der Waals surface area contributed by atoms with E-state index in [0.717, 1.165) is 4.57 Å². The molecule has 360 valence electrons. The van der Waals surface area contributed by atoms with Crippen molar-refractivity contribution in [3.8, 4) is 11.8 Å². The zero-order chi connectivity index (χ0) is 48.4. The molecule has 0 radical (unpaired) electrons. The zero-order valence-corrected chi connectivity index (χ0v) is 38.2. The number of hydrogen-bond acceptors (Lipinski definition) is 20. The number of aliphatic hydroxyl groups is 1. The third kappa shape index (κ3) is 21.5. The molecule has 0 saturated carbocycles. The second-order valence-electron chi connectivity index (χ2n) is 13.4. The van der Waals surface area contributed by atoms with Gasteiger partial charge in [0.05, 0.1) is 31.1 Å². The quantitative estimate of drug-likeness (QED) is 0.0176. The van der Waals surface area contributed by atoms with Crippen LogP contribution in [-0.4, -0.2) is 129 Å². The van der Waals surface area contributed by atoms with E-state index in [9.17, 15) is 72.4 Å². The van der Waals surface area contributed by atoms with Crippen LogP contribution >= 0.6 is 45.1 Å². The Kier molecular flexibility index (Phi) is 23.3. The number of nitrogens with two attached hydrogens (primary N) is 1. The normalized spacial score (nSPS) is 19.4. The van der Waals surface area contributed by atoms with Crippen LogP contribution < -0.4 is 22.1 Å². The van der Waals surface area contributed by atoms with Gasteiger partial charge in [-0.15, -0.1) is 0 Å². The fourth-order valence-corrected chi connectivity index (χ4v) is 10.7. The fraction of sp³-hybridized carbons (Fsp3) is 0.625. The van der Waals surface area contributed by atoms with Crippen molar-refractivity contribution < 1.29 is 100.0 Å². The molecular weight excluding hydrogens is 963 g/mol. The number of ether oxygens (including phenoxy) is 2. The van der Waals surface area contributed by atoms with Crippen LogP contribution in [0.1, 0.15) is 77.1 Å². The van der Waals surface area contributed by atoms with E-state index in [1.807, 2.05) is 0 Å². The number of aliphatic carboxylic acids is 2. The predicted octanol–water partition coefficient (Wildman–Crippen LogP) is 0.188. The van der Waals surface area contributed by atoms with Crippen molar-refractivity contribution in [3.63, 3.8) is 0 Å². The number of nitrogens with one attached hydrogen (secondary N) is 2. The Balaban J connectivity index is 1.84. The summed E-state index contributed by atoms with van der Waals surface area (Å²) in [5, 5.41) is 33.7. The molecule has 2 heterocycles. The van der Waals surface area contributed by atoms with Gasteiger partial charge in [-0.3, -0.25) is 33.1 Å². The predicted molar refractivity (Wildman–Crippen MR) is 221 cm³/mol. The van der Waals surface area contributed by atoms with Crippen LogP contribution in [0, 0.1) is 17.8 Å². The Morgan fingerprint density at radius 3 is 2.25 bits per heavy atom. The first-order chi connectivity index (χ1) is 29.7. The first-order valence-corrected chi connectivity index (χ1v) is 25.7. The van der Waals surface area contributed by atoms with Crippen molar-refractivity contribution in [2.45, 2.75) is 95.7 Å². The SMILES string of the molecule is CCC(NC(=O)C(CC(=O)O)CC(=O)C(CCCSSCCCC(=O)OCC#Cc1cc(N)nc(=O)n1C1CC(O)C(COP(=O)(O)OP(=O)(O)OP(=O)(O)O)O1)NC(C)=O)C(=O)O. The molecule has 27 nitrogen and oxygen atoms in total. The molecule has 0 bridgehead atoms. The summed E-state index contributed by atoms with van der Waals surface area (Å²) < 4.78 is 57.7. The van der Waals surface area contributed by atoms with Crippen molar-refractivity contribution in [2.24, 2.45) is 5.92 Å². The summed E-state index contributed by atoms with van der Waals surface area (Å²) >= 11 is 0. The summed E-state index contributed by atoms with van der Waals surface area (Å²) in [6, 6.07) is -1.11. The number of nitrogen functional groups attached to an aromatic ring is 1. The molecule has 8 atom stereocenters. The molecule has 11 N–H and O–H groups in total. The number of hydrogen-bond donors (Lipinski definition) is 10. The highest BCUT2D eigenvalue weighted by Gasteiger charge is 2.43. The summed E-state index contributed by atoms with van der Waals surface area (Å²) in [7, 11) is -14.1. The van der Waals surface area contributed by atoms with Crippen LogP contribution in [-0.2, 0) is 65.1 Å². The molecule has 1 aromatic rings. The number of esters is 1. The van der Waals surface area contributed by atoms with Crippen LogP contribution in [0.2, 0.25) is 0 Å². The summed E-state index contributed by atoms with van der Waals surface area (Å²) in [4.78, 5) is 125. The molecule has 1 aliphatic heterocycles. The highest BCUT2D eigenvalue weighted by atomic mass is 33.1. The monoisotopic (exact) mass is 1010 g/mol. The number of anilines is 1. The lowest BCUT2D eigenvalue weighted by molar-refractivity contribution is -0.145. The molecule has 1 saturated heterocycles. The Labute approximate surface area is 371 Å². The molecule has 2 amide bonds. The summed E-state index contributed by atoms with van der Waals surface area (Å²) in [6.07, 6.45) is -4.84. The third-order valence-corrected chi connectivity index (χ3v) is 14.6. The van der Waals surface area contributed by atoms with E-state index in [1.165, 1.54) is 41.5 Å². The molecule has 1 aromatic heterocycles. The fourth-order valence-electron chi connectivity index (χ4n) is 5.47. The highest BCUT2D eigenvalue weighted by molar-refractivity contribution is 8.76. The number of amides is 2. The smallest absolute Gasteiger partial charge is 0.481 e. The first-order valence-electron chi connectivity index (χ1n) is 18.7. The number of aliphatic hydroxyl groups excluding tert-OH is 1. The maximum atomic E-state index is 13.1. The van der Waals surface area contributed by atoms with Crippen LogP contribution in [0.5, 0.6) is 0 Å². The minimum Gasteiger partial charge on any atom is -0.481 e. The number of carbonyl (C=O) groups excluding carboxylic acids is 4. The summed E-state index contributed by atoms with van der Waals surface area (Å²) in [6.45, 7) is 1.28. The standard InChI is InChI=1S/C32H48N5O22P3S2/c1-3-21(31(45)46)35-30(44)19(14-28(41)42)13-23(39)22(34-18(2)38)8-5-11-63-64-12-6-9-29(43)55-10-4-7-20-15-26(33)36-32(47)37(20)27-16-24(40)25(57-27)17-56-61(51,52)59-62(53,54)58-60(48,49)50/h15,19,21-22,24-25,27,40H,3,5-6,8-14,16-17H2,1-2H3,(H,34,38)(H,35,44)(H,41,42)(H,45,46)(H,51,52)(H,53,54)(H2,33,36,47)(H2,48,49,50). The number of ketones is 1. The molecule has 0 spiro atoms. The molecule has 0 aliphatic carbocycles. The molecule has 0 aromatic carbocycles. The molecule has 32 heteroatoms. The maximum Gasteiger partial charge on any atom is 0.490 e. The van der Waals surface area contributed by atoms with E-state index in [1.54, 1.807) is 0 Å². The number of phosphoric ester groups is 1. The Hall–Kier alpha value is -3.71. The summed E-state index contributed by atoms with van der Waals surface area (Å²) in [5.41, 5.74) is 4.60. The molecular formula is C32H48N5O22P3S2. The molecule has 8 unspecified atom stereocenters. The zero-order valence-electron chi connectivity index (χ0n) is 33.9. The van der Waals surface area contributed by atoms with Crippen molar-refractivity contribution in [3.05, 3.63) is 22.2 Å². The number of phosphoric acid groups is 3. The van der Waals surface area contributed by atoms with Gasteiger partial charge in [-0.25, -0.2) is 23.3 Å². The highest BCUT2D eigenvalue weighted by Crippen LogP contribution is 2.66. The number of nitrogens with zero attached hydrogens (tertiary/aromatic N) is 2. The van der Waals surface area contributed by atoms with Gasteiger partial charge in [0.2, 0.25) is 11.8 Å². The van der Waals surface area contributed by atoms with Gasteiger partial charge in [0.1, 0.15) is 29.9 Å². The van der Waals surface area contributed by atoms with Gasteiger partial charge in [-0.05, 0) is 31.6 Å². The van der Waals surface area contributed by atoms with Crippen LogP contribution in [0.4, 0.5) is 5.82 Å². The summed E-state index contributed by atoms with van der Waals surface area (Å²) in [5.74, 6) is -0.768. The average molecular weight is 1010 g/mol. The maximum absolute atomic E-state index is 13.1. The van der Waals surface area contributed by atoms with Gasteiger partial charge in [0, 0.05) is 43.8 Å². The van der Waals surface area contributed by atoms with Gasteiger partial charge in [-0.2, -0.15) is 13.6 Å². The van der Waals surface area contributed by atoms with Crippen molar-refractivity contribution >= 4 is 86.4 Å². The van der Waals surface area contributed by atoms with Crippen molar-refractivity contribution in [1.29, 1.82) is 0 Å². The molecule has 1 aliphatic rings. The van der Waals surface area contributed by atoms with Crippen molar-refractivity contribution in [2.75, 3.05) is 30.5 Å². The second kappa shape index (κ2) is 26.4. The number of carboxylic acids is 2. The number of aromatic nitrogens is 2. The van der Waals surface area contributed by atoms with Crippen molar-refractivity contribution in [1.82, 2.24) is 20.2 Å². The number of rotatable bonds is 28. The Morgan fingerprint density at radius 2 is 1.66 bits per heavy atom. The first kappa shape index (κ1) is 56.4. The second-order valence-corrected chi connectivity index (χ2v) is 20.5. The lowest BCUT2D eigenvalue weighted by Crippen LogP contribution is -2.46. The van der Waals surface area contributed by atoms with E-state index in [2.05, 4.69) is 40.6 Å². The lowest BCUT2D eigenvalue weighted by atomic mass is 9.92. The lowest BCUT2D eigenvalue weighted by Gasteiger charge is -2.21. The van der Waals surface area contributed by atoms with Crippen LogP contribution in [0.25, 0.3) is 0 Å². The van der Waals surface area contributed by atoms with Crippen LogP contribution in [0.15, 0.2) is 10.9 Å². The van der Waals surface area contributed by atoms with Gasteiger partial charge >= 0.3 is 47.1 Å². The van der Waals surface area contributed by atoms with E-state index >= 15 is 0 Å². The van der Waals surface area contributed by atoms with E-state index in [-0.39, 0.29) is 37.2 Å². The number of carbonyl (C=O) groups is 6.